The van der Waals surface area contributed by atoms with E-state index in [9.17, 15) is 4.79 Å². The van der Waals surface area contributed by atoms with Crippen LogP contribution < -0.4 is 5.32 Å². The van der Waals surface area contributed by atoms with Crippen LogP contribution in [0.1, 0.15) is 5.56 Å². The second kappa shape index (κ2) is 4.18. The molecule has 16 heavy (non-hydrogen) atoms. The molecule has 0 bridgehead atoms. The van der Waals surface area contributed by atoms with Crippen LogP contribution in [-0.2, 0) is 11.2 Å². The first-order valence-electron chi connectivity index (χ1n) is 5.82. The molecule has 2 aliphatic rings. The normalized spacial score (nSPS) is 28.4. The van der Waals surface area contributed by atoms with E-state index in [4.69, 9.17) is 0 Å². The Morgan fingerprint density at radius 2 is 2.19 bits per heavy atom. The van der Waals surface area contributed by atoms with E-state index in [1.165, 1.54) is 0 Å². The van der Waals surface area contributed by atoms with E-state index in [-0.39, 0.29) is 0 Å². The Labute approximate surface area is 99.5 Å². The molecular weight excluding hydrogens is 220 g/mol. The lowest BCUT2D eigenvalue weighted by Crippen LogP contribution is -2.32. The fourth-order valence-corrected chi connectivity index (χ4v) is 3.41. The molecule has 2 aliphatic heterocycles. The van der Waals surface area contributed by atoms with Crippen molar-refractivity contribution in [2.75, 3.05) is 26.2 Å². The molecule has 2 atom stereocenters. The summed E-state index contributed by atoms with van der Waals surface area (Å²) >= 11 is 1.66. The molecule has 0 aromatic carbocycles. The van der Waals surface area contributed by atoms with Crippen molar-refractivity contribution in [3.63, 3.8) is 0 Å². The smallest absolute Gasteiger partial charge is 0.227 e. The molecule has 2 unspecified atom stereocenters. The number of amides is 1. The van der Waals surface area contributed by atoms with Gasteiger partial charge in [0.2, 0.25) is 5.91 Å². The minimum Gasteiger partial charge on any atom is -0.342 e. The molecule has 4 heteroatoms. The van der Waals surface area contributed by atoms with Gasteiger partial charge in [0.25, 0.3) is 0 Å². The van der Waals surface area contributed by atoms with Crippen molar-refractivity contribution in [2.45, 2.75) is 6.42 Å². The highest BCUT2D eigenvalue weighted by Crippen LogP contribution is 2.26. The van der Waals surface area contributed by atoms with Crippen LogP contribution in [0.5, 0.6) is 0 Å². The zero-order chi connectivity index (χ0) is 11.0. The van der Waals surface area contributed by atoms with Crippen molar-refractivity contribution in [1.82, 2.24) is 10.2 Å². The van der Waals surface area contributed by atoms with E-state index in [1.54, 1.807) is 11.3 Å². The first kappa shape index (κ1) is 10.3. The number of nitrogens with zero attached hydrogens (tertiary/aromatic N) is 1. The highest BCUT2D eigenvalue weighted by molar-refractivity contribution is 7.07. The van der Waals surface area contributed by atoms with E-state index >= 15 is 0 Å². The Kier molecular flexibility index (Phi) is 2.69. The molecule has 2 fully saturated rings. The van der Waals surface area contributed by atoms with Gasteiger partial charge in [0.15, 0.2) is 0 Å². The first-order chi connectivity index (χ1) is 7.83. The highest BCUT2D eigenvalue weighted by atomic mass is 32.1. The van der Waals surface area contributed by atoms with E-state index in [0.29, 0.717) is 24.2 Å². The first-order valence-corrected chi connectivity index (χ1v) is 6.77. The van der Waals surface area contributed by atoms with Crippen molar-refractivity contribution in [3.05, 3.63) is 22.4 Å². The van der Waals surface area contributed by atoms with Crippen molar-refractivity contribution in [3.8, 4) is 0 Å². The summed E-state index contributed by atoms with van der Waals surface area (Å²) in [6, 6.07) is 2.04. The minimum atomic E-state index is 0.299. The summed E-state index contributed by atoms with van der Waals surface area (Å²) in [6.45, 7) is 4.10. The lowest BCUT2D eigenvalue weighted by Gasteiger charge is -2.17. The molecule has 86 valence electrons. The molecule has 1 aromatic rings. The molecule has 1 aromatic heterocycles. The van der Waals surface area contributed by atoms with Gasteiger partial charge in [-0.2, -0.15) is 11.3 Å². The highest BCUT2D eigenvalue weighted by Gasteiger charge is 2.37. The van der Waals surface area contributed by atoms with Crippen LogP contribution >= 0.6 is 11.3 Å². The standard InChI is InChI=1S/C12H16N2OS/c15-12(3-9-1-2-16-8-9)14-6-10-4-13-5-11(10)7-14/h1-2,8,10-11,13H,3-7H2. The average Bonchev–Trinajstić information content (AvgIpc) is 2.91. The van der Waals surface area contributed by atoms with Gasteiger partial charge in [-0.1, -0.05) is 0 Å². The minimum absolute atomic E-state index is 0.299. The molecular formula is C12H16N2OS. The summed E-state index contributed by atoms with van der Waals surface area (Å²) in [7, 11) is 0. The molecule has 0 spiro atoms. The van der Waals surface area contributed by atoms with Crippen LogP contribution in [-0.4, -0.2) is 37.0 Å². The maximum Gasteiger partial charge on any atom is 0.227 e. The SMILES string of the molecule is O=C(Cc1ccsc1)N1CC2CNCC2C1. The van der Waals surface area contributed by atoms with E-state index < -0.39 is 0 Å². The Morgan fingerprint density at radius 1 is 1.44 bits per heavy atom. The fraction of sp³-hybridized carbons (Fsp3) is 0.583. The van der Waals surface area contributed by atoms with Crippen molar-refractivity contribution >= 4 is 17.2 Å². The van der Waals surface area contributed by atoms with Gasteiger partial charge in [-0.15, -0.1) is 0 Å². The van der Waals surface area contributed by atoms with Gasteiger partial charge in [0, 0.05) is 26.2 Å². The van der Waals surface area contributed by atoms with Crippen LogP contribution in [0.25, 0.3) is 0 Å². The second-order valence-corrected chi connectivity index (χ2v) is 5.57. The van der Waals surface area contributed by atoms with Gasteiger partial charge in [-0.05, 0) is 34.2 Å². The quantitative estimate of drug-likeness (QED) is 0.830. The van der Waals surface area contributed by atoms with Crippen LogP contribution in [0, 0.1) is 11.8 Å². The maximum absolute atomic E-state index is 12.1. The molecule has 1 amide bonds. The van der Waals surface area contributed by atoms with Crippen molar-refractivity contribution in [1.29, 1.82) is 0 Å². The van der Waals surface area contributed by atoms with Gasteiger partial charge >= 0.3 is 0 Å². The summed E-state index contributed by atoms with van der Waals surface area (Å²) in [4.78, 5) is 14.1. The summed E-state index contributed by atoms with van der Waals surface area (Å²) in [5.74, 6) is 1.70. The Hall–Kier alpha value is -0.870. The number of hydrogen-bond acceptors (Lipinski definition) is 3. The summed E-state index contributed by atoms with van der Waals surface area (Å²) in [6.07, 6.45) is 0.580. The van der Waals surface area contributed by atoms with Gasteiger partial charge < -0.3 is 10.2 Å². The van der Waals surface area contributed by atoms with Crippen molar-refractivity contribution < 1.29 is 4.79 Å². The maximum atomic E-state index is 12.1. The predicted octanol–water partition coefficient (Wildman–Crippen LogP) is 0.968. The number of nitrogens with one attached hydrogen (secondary N) is 1. The van der Waals surface area contributed by atoms with Crippen molar-refractivity contribution in [2.24, 2.45) is 11.8 Å². The third kappa shape index (κ3) is 1.87. The van der Waals surface area contributed by atoms with Gasteiger partial charge in [0.1, 0.15) is 0 Å². The Balaban J connectivity index is 1.60. The molecule has 0 aliphatic carbocycles. The third-order valence-corrected chi connectivity index (χ3v) is 4.41. The van der Waals surface area contributed by atoms with E-state index in [1.807, 2.05) is 16.3 Å². The lowest BCUT2D eigenvalue weighted by molar-refractivity contribution is -0.129. The number of thiophene rings is 1. The fourth-order valence-electron chi connectivity index (χ4n) is 2.74. The molecule has 0 saturated carbocycles. The average molecular weight is 236 g/mol. The molecule has 3 nitrogen and oxygen atoms in total. The van der Waals surface area contributed by atoms with E-state index in [0.717, 1.165) is 31.7 Å². The van der Waals surface area contributed by atoms with Crippen LogP contribution in [0.4, 0.5) is 0 Å². The van der Waals surface area contributed by atoms with Crippen LogP contribution in [0.15, 0.2) is 16.8 Å². The summed E-state index contributed by atoms with van der Waals surface area (Å²) in [5, 5.41) is 7.49. The zero-order valence-electron chi connectivity index (χ0n) is 9.19. The van der Waals surface area contributed by atoms with Gasteiger partial charge in [0.05, 0.1) is 6.42 Å². The number of likely N-dealkylation sites (tertiary alicyclic amines) is 1. The number of fused-ring (bicyclic) bond motifs is 1. The molecule has 0 radical (unpaired) electrons. The van der Waals surface area contributed by atoms with Gasteiger partial charge in [-0.3, -0.25) is 4.79 Å². The summed E-state index contributed by atoms with van der Waals surface area (Å²) in [5.41, 5.74) is 1.16. The van der Waals surface area contributed by atoms with E-state index in [2.05, 4.69) is 10.7 Å². The second-order valence-electron chi connectivity index (χ2n) is 4.79. The lowest BCUT2D eigenvalue weighted by atomic mass is 10.0. The van der Waals surface area contributed by atoms with Crippen LogP contribution in [0.2, 0.25) is 0 Å². The monoisotopic (exact) mass is 236 g/mol. The zero-order valence-corrected chi connectivity index (χ0v) is 10.0. The molecule has 1 N–H and O–H groups in total. The number of rotatable bonds is 2. The molecule has 3 heterocycles. The summed E-state index contributed by atoms with van der Waals surface area (Å²) < 4.78 is 0. The number of carbonyl (C=O) groups is 1. The topological polar surface area (TPSA) is 32.3 Å². The number of carbonyl (C=O) groups excluding carboxylic acids is 1. The Morgan fingerprint density at radius 3 is 2.81 bits per heavy atom. The van der Waals surface area contributed by atoms with Crippen LogP contribution in [0.3, 0.4) is 0 Å². The van der Waals surface area contributed by atoms with Gasteiger partial charge in [-0.25, -0.2) is 0 Å². The third-order valence-electron chi connectivity index (χ3n) is 3.68. The Bertz CT molecular complexity index is 364. The number of hydrogen-bond donors (Lipinski definition) is 1. The predicted molar refractivity (Wildman–Crippen MR) is 64.5 cm³/mol. The molecule has 3 rings (SSSR count). The molecule has 2 saturated heterocycles. The largest absolute Gasteiger partial charge is 0.342 e.